The first-order valence-corrected chi connectivity index (χ1v) is 8.99. The second-order valence-electron chi connectivity index (χ2n) is 5.67. The van der Waals surface area contributed by atoms with Gasteiger partial charge < -0.3 is 10.1 Å². The molecule has 0 saturated heterocycles. The number of hydrogen-bond acceptors (Lipinski definition) is 6. The third-order valence-corrected chi connectivity index (χ3v) is 4.30. The molecule has 7 nitrogen and oxygen atoms in total. The van der Waals surface area contributed by atoms with E-state index in [0.717, 1.165) is 17.8 Å². The molecule has 0 atom stereocenters. The first kappa shape index (κ1) is 21.1. The first-order valence-electron chi connectivity index (χ1n) is 7.79. The van der Waals surface area contributed by atoms with Crippen molar-refractivity contribution < 1.29 is 23.9 Å². The maximum Gasteiger partial charge on any atom is 0.321 e. The molecule has 0 aliphatic rings. The van der Waals surface area contributed by atoms with Crippen LogP contribution in [-0.4, -0.2) is 36.8 Å². The quantitative estimate of drug-likeness (QED) is 0.500. The minimum Gasteiger partial charge on any atom is -0.456 e. The lowest BCUT2D eigenvalue weighted by Gasteiger charge is -2.08. The van der Waals surface area contributed by atoms with Crippen LogP contribution in [0.15, 0.2) is 12.1 Å². The van der Waals surface area contributed by atoms with Gasteiger partial charge in [-0.3, -0.25) is 19.7 Å². The van der Waals surface area contributed by atoms with E-state index in [4.69, 9.17) is 16.3 Å². The number of thiophene rings is 1. The third kappa shape index (κ3) is 9.21. The van der Waals surface area contributed by atoms with Crippen LogP contribution in [0, 0.1) is 5.92 Å². The highest BCUT2D eigenvalue weighted by atomic mass is 35.5. The zero-order valence-corrected chi connectivity index (χ0v) is 15.7. The SMILES string of the molecule is CC(C)CCNC(=O)NC(=O)COC(=O)CCC(=O)c1ccc(Cl)s1. The van der Waals surface area contributed by atoms with Gasteiger partial charge in [-0.1, -0.05) is 25.4 Å². The van der Waals surface area contributed by atoms with E-state index in [1.165, 1.54) is 0 Å². The van der Waals surface area contributed by atoms with Gasteiger partial charge in [0.25, 0.3) is 5.91 Å². The van der Waals surface area contributed by atoms with Gasteiger partial charge in [0.05, 0.1) is 15.6 Å². The third-order valence-electron chi connectivity index (χ3n) is 3.03. The van der Waals surface area contributed by atoms with E-state index >= 15 is 0 Å². The minimum atomic E-state index is -0.730. The van der Waals surface area contributed by atoms with Gasteiger partial charge in [0.2, 0.25) is 0 Å². The summed E-state index contributed by atoms with van der Waals surface area (Å²) >= 11 is 6.87. The number of ketones is 1. The normalized spacial score (nSPS) is 10.4. The van der Waals surface area contributed by atoms with Crippen LogP contribution in [0.5, 0.6) is 0 Å². The molecule has 1 rings (SSSR count). The summed E-state index contributed by atoms with van der Waals surface area (Å²) in [5.41, 5.74) is 0. The fourth-order valence-corrected chi connectivity index (χ4v) is 2.71. The van der Waals surface area contributed by atoms with Crippen molar-refractivity contribution in [1.29, 1.82) is 0 Å². The van der Waals surface area contributed by atoms with Crippen molar-refractivity contribution in [3.63, 3.8) is 0 Å². The van der Waals surface area contributed by atoms with Crippen LogP contribution >= 0.6 is 22.9 Å². The zero-order valence-electron chi connectivity index (χ0n) is 14.1. The maximum atomic E-state index is 11.8. The Morgan fingerprint density at radius 1 is 1.20 bits per heavy atom. The largest absolute Gasteiger partial charge is 0.456 e. The number of imide groups is 1. The second kappa shape index (κ2) is 10.8. The van der Waals surface area contributed by atoms with E-state index in [1.54, 1.807) is 12.1 Å². The van der Waals surface area contributed by atoms with E-state index in [0.29, 0.717) is 21.7 Å². The summed E-state index contributed by atoms with van der Waals surface area (Å²) in [4.78, 5) is 46.7. The lowest BCUT2D eigenvalue weighted by atomic mass is 10.1. The van der Waals surface area contributed by atoms with Gasteiger partial charge in [-0.15, -0.1) is 11.3 Å². The highest BCUT2D eigenvalue weighted by Gasteiger charge is 2.14. The monoisotopic (exact) mass is 388 g/mol. The molecule has 0 spiro atoms. The van der Waals surface area contributed by atoms with Crippen molar-refractivity contribution in [2.24, 2.45) is 5.92 Å². The summed E-state index contributed by atoms with van der Waals surface area (Å²) in [5.74, 6) is -1.20. The topological polar surface area (TPSA) is 102 Å². The average Bonchev–Trinajstić information content (AvgIpc) is 2.96. The summed E-state index contributed by atoms with van der Waals surface area (Å²) < 4.78 is 5.23. The van der Waals surface area contributed by atoms with Crippen molar-refractivity contribution in [3.05, 3.63) is 21.3 Å². The summed E-state index contributed by atoms with van der Waals surface area (Å²) in [6, 6.07) is 2.56. The van der Waals surface area contributed by atoms with E-state index in [2.05, 4.69) is 10.6 Å². The number of Topliss-reactive ketones (excluding diaryl/α,β-unsaturated/α-hetero) is 1. The Balaban J connectivity index is 2.19. The molecule has 0 fully saturated rings. The lowest BCUT2D eigenvalue weighted by molar-refractivity contribution is -0.148. The van der Waals surface area contributed by atoms with Crippen LogP contribution < -0.4 is 10.6 Å². The van der Waals surface area contributed by atoms with Gasteiger partial charge in [-0.2, -0.15) is 0 Å². The molecule has 0 saturated carbocycles. The Kier molecular flexibility index (Phi) is 9.15. The predicted molar refractivity (Wildman–Crippen MR) is 94.8 cm³/mol. The van der Waals surface area contributed by atoms with Crippen LogP contribution in [-0.2, 0) is 14.3 Å². The van der Waals surface area contributed by atoms with Gasteiger partial charge in [0, 0.05) is 13.0 Å². The second-order valence-corrected chi connectivity index (χ2v) is 7.39. The zero-order chi connectivity index (χ0) is 18.8. The first-order chi connectivity index (χ1) is 11.8. The average molecular weight is 389 g/mol. The van der Waals surface area contributed by atoms with Gasteiger partial charge in [-0.25, -0.2) is 4.79 Å². The predicted octanol–water partition coefficient (Wildman–Crippen LogP) is 2.78. The Labute approximate surface area is 155 Å². The van der Waals surface area contributed by atoms with E-state index in [9.17, 15) is 19.2 Å². The van der Waals surface area contributed by atoms with Crippen LogP contribution in [0.2, 0.25) is 4.34 Å². The molecule has 1 aromatic heterocycles. The molecule has 138 valence electrons. The summed E-state index contributed by atoms with van der Waals surface area (Å²) in [6.07, 6.45) is 0.606. The van der Waals surface area contributed by atoms with Crippen LogP contribution in [0.3, 0.4) is 0 Å². The van der Waals surface area contributed by atoms with Gasteiger partial charge in [-0.05, 0) is 24.5 Å². The number of amides is 3. The van der Waals surface area contributed by atoms with E-state index in [1.807, 2.05) is 13.8 Å². The fourth-order valence-electron chi connectivity index (χ4n) is 1.70. The number of carbonyl (C=O) groups is 4. The number of ether oxygens (including phenoxy) is 1. The lowest BCUT2D eigenvalue weighted by Crippen LogP contribution is -2.42. The molecule has 9 heteroatoms. The van der Waals surface area contributed by atoms with Crippen molar-refractivity contribution in [2.75, 3.05) is 13.2 Å². The molecule has 2 N–H and O–H groups in total. The Bertz CT molecular complexity index is 630. The molecule has 25 heavy (non-hydrogen) atoms. The molecule has 1 aromatic rings. The molecule has 0 bridgehead atoms. The van der Waals surface area contributed by atoms with E-state index in [-0.39, 0.29) is 18.6 Å². The maximum absolute atomic E-state index is 11.8. The Morgan fingerprint density at radius 3 is 2.52 bits per heavy atom. The van der Waals surface area contributed by atoms with Crippen molar-refractivity contribution in [3.8, 4) is 0 Å². The number of hydrogen-bond donors (Lipinski definition) is 2. The van der Waals surface area contributed by atoms with Crippen molar-refractivity contribution in [2.45, 2.75) is 33.1 Å². The number of halogens is 1. The Morgan fingerprint density at radius 2 is 1.92 bits per heavy atom. The minimum absolute atomic E-state index is 0.0347. The van der Waals surface area contributed by atoms with Crippen molar-refractivity contribution >= 4 is 46.6 Å². The van der Waals surface area contributed by atoms with Gasteiger partial charge in [0.1, 0.15) is 0 Å². The molecule has 0 unspecified atom stereocenters. The summed E-state index contributed by atoms with van der Waals surface area (Å²) in [6.45, 7) is 3.91. The number of urea groups is 1. The highest BCUT2D eigenvalue weighted by molar-refractivity contribution is 7.18. The van der Waals surface area contributed by atoms with Crippen LogP contribution in [0.1, 0.15) is 42.8 Å². The molecule has 0 aromatic carbocycles. The highest BCUT2D eigenvalue weighted by Crippen LogP contribution is 2.22. The summed E-state index contributed by atoms with van der Waals surface area (Å²) in [7, 11) is 0. The van der Waals surface area contributed by atoms with Crippen molar-refractivity contribution in [1.82, 2.24) is 10.6 Å². The molecule has 0 radical (unpaired) electrons. The molecule has 3 amide bonds. The number of carbonyl (C=O) groups excluding carboxylic acids is 4. The van der Waals surface area contributed by atoms with Crippen LogP contribution in [0.25, 0.3) is 0 Å². The molecular formula is C16H21ClN2O5S. The number of nitrogens with one attached hydrogen (secondary N) is 2. The van der Waals surface area contributed by atoms with Gasteiger partial charge in [0.15, 0.2) is 12.4 Å². The fraction of sp³-hybridized carbons (Fsp3) is 0.500. The molecule has 1 heterocycles. The van der Waals surface area contributed by atoms with E-state index < -0.39 is 24.5 Å². The van der Waals surface area contributed by atoms with Crippen LogP contribution in [0.4, 0.5) is 4.79 Å². The molecule has 0 aliphatic heterocycles. The number of esters is 1. The van der Waals surface area contributed by atoms with Gasteiger partial charge >= 0.3 is 12.0 Å². The summed E-state index contributed by atoms with van der Waals surface area (Å²) in [5, 5.41) is 4.58. The number of rotatable bonds is 9. The molecular weight excluding hydrogens is 368 g/mol. The molecule has 0 aliphatic carbocycles. The smallest absolute Gasteiger partial charge is 0.321 e. The standard InChI is InChI=1S/C16H21ClN2O5S/c1-10(2)7-8-18-16(23)19-14(21)9-24-15(22)6-3-11(20)12-4-5-13(17)25-12/h4-5,10H,3,6-9H2,1-2H3,(H2,18,19,21,23). The Hall–Kier alpha value is -1.93.